The van der Waals surface area contributed by atoms with Gasteiger partial charge in [0.25, 0.3) is 0 Å². The molecule has 0 saturated heterocycles. The molecule has 2 rings (SSSR count). The SMILES string of the molecule is OCc1ccn(Cc2c(Cl)cccc2Cl)c1. The highest BCUT2D eigenvalue weighted by Crippen LogP contribution is 2.25. The van der Waals surface area contributed by atoms with Crippen molar-refractivity contribution in [1.82, 2.24) is 4.57 Å². The summed E-state index contributed by atoms with van der Waals surface area (Å²) in [5.74, 6) is 0. The first-order valence-corrected chi connectivity index (χ1v) is 5.64. The van der Waals surface area contributed by atoms with Gasteiger partial charge in [-0.1, -0.05) is 29.3 Å². The van der Waals surface area contributed by atoms with Crippen molar-refractivity contribution in [3.05, 3.63) is 57.8 Å². The Bertz CT molecular complexity index is 473. The van der Waals surface area contributed by atoms with Gasteiger partial charge in [0, 0.05) is 34.5 Å². The van der Waals surface area contributed by atoms with Crippen LogP contribution in [0.5, 0.6) is 0 Å². The maximum atomic E-state index is 8.96. The van der Waals surface area contributed by atoms with Gasteiger partial charge >= 0.3 is 0 Å². The third-order valence-electron chi connectivity index (χ3n) is 2.40. The Morgan fingerprint density at radius 3 is 2.38 bits per heavy atom. The van der Waals surface area contributed by atoms with Crippen molar-refractivity contribution in [2.75, 3.05) is 0 Å². The second-order valence-electron chi connectivity index (χ2n) is 3.55. The van der Waals surface area contributed by atoms with Gasteiger partial charge in [-0.3, -0.25) is 0 Å². The van der Waals surface area contributed by atoms with Gasteiger partial charge in [-0.05, 0) is 23.8 Å². The Kier molecular flexibility index (Phi) is 3.54. The van der Waals surface area contributed by atoms with Gasteiger partial charge in [-0.2, -0.15) is 0 Å². The van der Waals surface area contributed by atoms with Crippen molar-refractivity contribution in [3.63, 3.8) is 0 Å². The number of hydrogen-bond acceptors (Lipinski definition) is 1. The lowest BCUT2D eigenvalue weighted by atomic mass is 10.2. The topological polar surface area (TPSA) is 25.2 Å². The average molecular weight is 256 g/mol. The van der Waals surface area contributed by atoms with Crippen LogP contribution in [0.1, 0.15) is 11.1 Å². The summed E-state index contributed by atoms with van der Waals surface area (Å²) in [5, 5.41) is 10.3. The molecule has 0 fully saturated rings. The third kappa shape index (κ3) is 2.40. The molecule has 84 valence electrons. The lowest BCUT2D eigenvalue weighted by Crippen LogP contribution is -1.98. The zero-order valence-corrected chi connectivity index (χ0v) is 10.0. The van der Waals surface area contributed by atoms with E-state index in [1.54, 1.807) is 0 Å². The van der Waals surface area contributed by atoms with Crippen LogP contribution >= 0.6 is 23.2 Å². The van der Waals surface area contributed by atoms with E-state index in [9.17, 15) is 0 Å². The molecule has 0 amide bonds. The van der Waals surface area contributed by atoms with E-state index in [0.717, 1.165) is 11.1 Å². The molecule has 0 atom stereocenters. The number of aromatic nitrogens is 1. The molecule has 1 heterocycles. The maximum Gasteiger partial charge on any atom is 0.0696 e. The summed E-state index contributed by atoms with van der Waals surface area (Å²) >= 11 is 12.1. The van der Waals surface area contributed by atoms with Crippen molar-refractivity contribution in [2.45, 2.75) is 13.2 Å². The molecule has 0 aliphatic heterocycles. The Balaban J connectivity index is 2.26. The summed E-state index contributed by atoms with van der Waals surface area (Å²) in [6, 6.07) is 7.33. The fraction of sp³-hybridized carbons (Fsp3) is 0.167. The van der Waals surface area contributed by atoms with Crippen molar-refractivity contribution < 1.29 is 5.11 Å². The summed E-state index contributed by atoms with van der Waals surface area (Å²) in [7, 11) is 0. The molecular formula is C12H11Cl2NO. The molecular weight excluding hydrogens is 245 g/mol. The van der Waals surface area contributed by atoms with Crippen molar-refractivity contribution in [1.29, 1.82) is 0 Å². The highest BCUT2D eigenvalue weighted by Gasteiger charge is 2.06. The highest BCUT2D eigenvalue weighted by atomic mass is 35.5. The molecule has 0 saturated carbocycles. The molecule has 16 heavy (non-hydrogen) atoms. The van der Waals surface area contributed by atoms with Crippen LogP contribution in [0, 0.1) is 0 Å². The largest absolute Gasteiger partial charge is 0.392 e. The predicted octanol–water partition coefficient (Wildman–Crippen LogP) is 3.34. The molecule has 2 nitrogen and oxygen atoms in total. The van der Waals surface area contributed by atoms with E-state index in [0.29, 0.717) is 16.6 Å². The minimum absolute atomic E-state index is 0.0449. The lowest BCUT2D eigenvalue weighted by molar-refractivity contribution is 0.282. The molecule has 0 bridgehead atoms. The molecule has 0 unspecified atom stereocenters. The molecule has 1 aromatic carbocycles. The van der Waals surface area contributed by atoms with Crippen LogP contribution < -0.4 is 0 Å². The Labute approximate surface area is 104 Å². The number of aliphatic hydroxyl groups excluding tert-OH is 1. The molecule has 0 aliphatic rings. The monoisotopic (exact) mass is 255 g/mol. The van der Waals surface area contributed by atoms with Gasteiger partial charge in [0.05, 0.1) is 6.61 Å². The van der Waals surface area contributed by atoms with Crippen LogP contribution in [0.4, 0.5) is 0 Å². The van der Waals surface area contributed by atoms with E-state index < -0.39 is 0 Å². The van der Waals surface area contributed by atoms with E-state index in [1.165, 1.54) is 0 Å². The van der Waals surface area contributed by atoms with E-state index in [2.05, 4.69) is 0 Å². The van der Waals surface area contributed by atoms with Crippen molar-refractivity contribution in [3.8, 4) is 0 Å². The number of nitrogens with zero attached hydrogens (tertiary/aromatic N) is 1. The number of aliphatic hydroxyl groups is 1. The Morgan fingerprint density at radius 1 is 1.12 bits per heavy atom. The minimum Gasteiger partial charge on any atom is -0.392 e. The molecule has 1 N–H and O–H groups in total. The van der Waals surface area contributed by atoms with Gasteiger partial charge < -0.3 is 9.67 Å². The third-order valence-corrected chi connectivity index (χ3v) is 3.10. The fourth-order valence-electron chi connectivity index (χ4n) is 1.55. The summed E-state index contributed by atoms with van der Waals surface area (Å²) in [6.07, 6.45) is 3.77. The predicted molar refractivity (Wildman–Crippen MR) is 65.9 cm³/mol. The quantitative estimate of drug-likeness (QED) is 0.895. The first kappa shape index (κ1) is 11.5. The standard InChI is InChI=1S/C12H11Cl2NO/c13-11-2-1-3-12(14)10(11)7-15-5-4-9(6-15)8-16/h1-6,16H,7-8H2. The number of rotatable bonds is 3. The molecule has 0 spiro atoms. The van der Waals surface area contributed by atoms with Crippen LogP contribution in [0.15, 0.2) is 36.7 Å². The second-order valence-corrected chi connectivity index (χ2v) is 4.36. The smallest absolute Gasteiger partial charge is 0.0696 e. The van der Waals surface area contributed by atoms with Crippen LogP contribution in [0.25, 0.3) is 0 Å². The fourth-order valence-corrected chi connectivity index (χ4v) is 2.07. The zero-order chi connectivity index (χ0) is 11.5. The van der Waals surface area contributed by atoms with Crippen molar-refractivity contribution >= 4 is 23.2 Å². The number of hydrogen-bond donors (Lipinski definition) is 1. The van der Waals surface area contributed by atoms with Gasteiger partial charge in [-0.25, -0.2) is 0 Å². The number of benzene rings is 1. The summed E-state index contributed by atoms with van der Waals surface area (Å²) in [5.41, 5.74) is 1.77. The first-order valence-electron chi connectivity index (χ1n) is 4.89. The van der Waals surface area contributed by atoms with Gasteiger partial charge in [0.15, 0.2) is 0 Å². The van der Waals surface area contributed by atoms with Gasteiger partial charge in [0.2, 0.25) is 0 Å². The van der Waals surface area contributed by atoms with Gasteiger partial charge in [0.1, 0.15) is 0 Å². The van der Waals surface area contributed by atoms with Crippen LogP contribution in [0.3, 0.4) is 0 Å². The van der Waals surface area contributed by atoms with E-state index in [4.69, 9.17) is 28.3 Å². The second kappa shape index (κ2) is 4.91. The maximum absolute atomic E-state index is 8.96. The highest BCUT2D eigenvalue weighted by molar-refractivity contribution is 6.35. The van der Waals surface area contributed by atoms with Crippen LogP contribution in [0.2, 0.25) is 10.0 Å². The molecule has 0 aliphatic carbocycles. The van der Waals surface area contributed by atoms with Crippen molar-refractivity contribution in [2.24, 2.45) is 0 Å². The lowest BCUT2D eigenvalue weighted by Gasteiger charge is -2.07. The zero-order valence-electron chi connectivity index (χ0n) is 8.53. The Hall–Kier alpha value is -0.960. The minimum atomic E-state index is 0.0449. The summed E-state index contributed by atoms with van der Waals surface area (Å²) in [4.78, 5) is 0. The molecule has 1 aromatic heterocycles. The van der Waals surface area contributed by atoms with Crippen LogP contribution in [-0.4, -0.2) is 9.67 Å². The summed E-state index contributed by atoms with van der Waals surface area (Å²) in [6.45, 7) is 0.655. The molecule has 4 heteroatoms. The van der Waals surface area contributed by atoms with E-state index in [1.807, 2.05) is 41.2 Å². The molecule has 0 radical (unpaired) electrons. The number of halogens is 2. The normalized spacial score (nSPS) is 10.7. The Morgan fingerprint density at radius 2 is 1.81 bits per heavy atom. The van der Waals surface area contributed by atoms with Crippen LogP contribution in [-0.2, 0) is 13.2 Å². The molecule has 2 aromatic rings. The van der Waals surface area contributed by atoms with Gasteiger partial charge in [-0.15, -0.1) is 0 Å². The first-order chi connectivity index (χ1) is 7.70. The van der Waals surface area contributed by atoms with E-state index in [-0.39, 0.29) is 6.61 Å². The van der Waals surface area contributed by atoms with E-state index >= 15 is 0 Å². The average Bonchev–Trinajstić information content (AvgIpc) is 2.71. The summed E-state index contributed by atoms with van der Waals surface area (Å²) < 4.78 is 1.94.